The minimum absolute atomic E-state index is 0. The number of aromatic nitrogens is 2. The molecular weight excluding hydrogens is 433 g/mol. The summed E-state index contributed by atoms with van der Waals surface area (Å²) in [7, 11) is 0. The lowest BCUT2D eigenvalue weighted by molar-refractivity contribution is -0.385. The number of halogens is 2. The van der Waals surface area contributed by atoms with E-state index in [2.05, 4.69) is 4.98 Å². The van der Waals surface area contributed by atoms with Gasteiger partial charge in [-0.15, -0.1) is 17.0 Å². The molecule has 0 N–H and O–H groups in total. The number of rotatable bonds is 3. The number of nitrogens with zero attached hydrogens (tertiary/aromatic N) is 3. The molecule has 2 aromatic rings. The Morgan fingerprint density at radius 1 is 1.58 bits per heavy atom. The van der Waals surface area contributed by atoms with Crippen LogP contribution in [0.25, 0.3) is 5.65 Å². The first-order chi connectivity index (χ1) is 8.52. The summed E-state index contributed by atoms with van der Waals surface area (Å²) in [6, 6.07) is 1.40. The van der Waals surface area contributed by atoms with Gasteiger partial charge in [-0.3, -0.25) is 14.5 Å². The highest BCUT2D eigenvalue weighted by atomic mass is 127. The fourth-order valence-electron chi connectivity index (χ4n) is 1.45. The smallest absolute Gasteiger partial charge is 0.358 e. The van der Waals surface area contributed by atoms with Crippen molar-refractivity contribution in [1.82, 2.24) is 9.38 Å². The van der Waals surface area contributed by atoms with Gasteiger partial charge in [0.15, 0.2) is 11.3 Å². The van der Waals surface area contributed by atoms with Gasteiger partial charge in [0.1, 0.15) is 0 Å². The Morgan fingerprint density at radius 2 is 2.26 bits per heavy atom. The maximum Gasteiger partial charge on any atom is 0.358 e. The monoisotopic (exact) mass is 441 g/mol. The predicted octanol–water partition coefficient (Wildman–Crippen LogP) is 2.60. The van der Waals surface area contributed by atoms with E-state index in [4.69, 9.17) is 4.74 Å². The van der Waals surface area contributed by atoms with Crippen LogP contribution in [0.2, 0.25) is 0 Å². The van der Waals surface area contributed by atoms with Gasteiger partial charge in [-0.05, 0) is 29.5 Å². The van der Waals surface area contributed by atoms with Gasteiger partial charge in [-0.25, -0.2) is 9.78 Å². The number of ether oxygens (including phenoxy) is 1. The number of fused-ring (bicyclic) bond motifs is 1. The number of pyridine rings is 1. The quantitative estimate of drug-likeness (QED) is 0.316. The number of nitro groups is 1. The number of hydrogen-bond donors (Lipinski definition) is 0. The van der Waals surface area contributed by atoms with Crippen LogP contribution < -0.4 is 0 Å². The van der Waals surface area contributed by atoms with E-state index in [1.54, 1.807) is 6.92 Å². The van der Waals surface area contributed by atoms with Crippen molar-refractivity contribution in [1.29, 1.82) is 0 Å². The van der Waals surface area contributed by atoms with Gasteiger partial charge in [0.25, 0.3) is 5.69 Å². The molecule has 0 aliphatic carbocycles. The minimum atomic E-state index is -0.542. The molecule has 9 heteroatoms. The normalized spacial score (nSPS) is 10.0. The summed E-state index contributed by atoms with van der Waals surface area (Å²) in [5.74, 6) is -0.542. The van der Waals surface area contributed by atoms with Crippen molar-refractivity contribution in [3.63, 3.8) is 0 Å². The minimum Gasteiger partial charge on any atom is -0.461 e. The number of esters is 1. The van der Waals surface area contributed by atoms with Crippen molar-refractivity contribution >= 4 is 56.9 Å². The molecule has 0 bridgehead atoms. The predicted molar refractivity (Wildman–Crippen MR) is 80.8 cm³/mol. The number of imidazole rings is 1. The van der Waals surface area contributed by atoms with Crippen LogP contribution in [0.15, 0.2) is 18.5 Å². The van der Waals surface area contributed by atoms with E-state index in [9.17, 15) is 14.9 Å². The van der Waals surface area contributed by atoms with Crippen molar-refractivity contribution in [2.45, 2.75) is 6.92 Å². The van der Waals surface area contributed by atoms with Crippen molar-refractivity contribution in [2.24, 2.45) is 0 Å². The summed E-state index contributed by atoms with van der Waals surface area (Å²) < 4.78 is 6.87. The first kappa shape index (κ1) is 15.8. The molecule has 0 saturated carbocycles. The van der Waals surface area contributed by atoms with Crippen molar-refractivity contribution in [2.75, 3.05) is 6.61 Å². The molecule has 7 nitrogen and oxygen atoms in total. The van der Waals surface area contributed by atoms with E-state index in [0.717, 1.165) is 0 Å². The van der Waals surface area contributed by atoms with Gasteiger partial charge in [-0.2, -0.15) is 0 Å². The van der Waals surface area contributed by atoms with E-state index >= 15 is 0 Å². The van der Waals surface area contributed by atoms with Crippen molar-refractivity contribution in [3.8, 4) is 0 Å². The van der Waals surface area contributed by atoms with Crippen LogP contribution in [0.5, 0.6) is 0 Å². The zero-order valence-corrected chi connectivity index (χ0v) is 13.6. The maximum absolute atomic E-state index is 11.5. The van der Waals surface area contributed by atoms with Gasteiger partial charge in [0.2, 0.25) is 0 Å². The molecule has 0 radical (unpaired) electrons. The molecule has 0 amide bonds. The molecule has 0 spiro atoms. The third-order valence-corrected chi connectivity index (χ3v) is 2.98. The van der Waals surface area contributed by atoms with E-state index in [0.29, 0.717) is 9.22 Å². The summed E-state index contributed by atoms with van der Waals surface area (Å²) in [5.41, 5.74) is 0.569. The van der Waals surface area contributed by atoms with Gasteiger partial charge in [-0.1, -0.05) is 0 Å². The molecule has 0 atom stereocenters. The molecule has 19 heavy (non-hydrogen) atoms. The van der Waals surface area contributed by atoms with Crippen molar-refractivity contribution < 1.29 is 14.5 Å². The first-order valence-corrected chi connectivity index (χ1v) is 6.10. The standard InChI is InChI=1S/C10H8IN3O4.BrH/c1-2-18-10(15)8-5-13-4-6(14(16)17)3-7(11)9(13)12-8;/h3-5H,2H2,1H3;1H. The van der Waals surface area contributed by atoms with Crippen LogP contribution in [0.1, 0.15) is 17.4 Å². The Bertz CT molecular complexity index is 643. The molecule has 2 rings (SSSR count). The lowest BCUT2D eigenvalue weighted by atomic mass is 10.4. The maximum atomic E-state index is 11.5. The van der Waals surface area contributed by atoms with Gasteiger partial charge < -0.3 is 4.74 Å². The molecule has 0 aliphatic heterocycles. The average Bonchev–Trinajstić information content (AvgIpc) is 2.73. The second-order valence-corrected chi connectivity index (χ2v) is 4.54. The van der Waals surface area contributed by atoms with Crippen LogP contribution >= 0.6 is 39.6 Å². The fourth-order valence-corrected chi connectivity index (χ4v) is 2.16. The van der Waals surface area contributed by atoms with E-state index < -0.39 is 10.9 Å². The molecule has 2 heterocycles. The topological polar surface area (TPSA) is 86.7 Å². The largest absolute Gasteiger partial charge is 0.461 e. The Labute approximate surface area is 132 Å². The van der Waals surface area contributed by atoms with Crippen LogP contribution in [0, 0.1) is 13.7 Å². The van der Waals surface area contributed by atoms with Gasteiger partial charge >= 0.3 is 5.97 Å². The Balaban J connectivity index is 0.00000180. The summed E-state index contributed by atoms with van der Waals surface area (Å²) in [4.78, 5) is 25.8. The second kappa shape index (κ2) is 6.28. The molecule has 0 unspecified atom stereocenters. The zero-order valence-electron chi connectivity index (χ0n) is 9.70. The van der Waals surface area contributed by atoms with E-state index in [1.807, 2.05) is 22.6 Å². The van der Waals surface area contributed by atoms with E-state index in [-0.39, 0.29) is 35.0 Å². The zero-order chi connectivity index (χ0) is 13.3. The lowest BCUT2D eigenvalue weighted by Crippen LogP contribution is -2.04. The SMILES string of the molecule is Br.CCOC(=O)c1cn2cc([N+](=O)[O-])cc(I)c2n1. The number of hydrogen-bond acceptors (Lipinski definition) is 5. The number of carbonyl (C=O) groups excluding carboxylic acids is 1. The lowest BCUT2D eigenvalue weighted by Gasteiger charge is -1.96. The Hall–Kier alpha value is -1.23. The average molecular weight is 442 g/mol. The molecule has 102 valence electrons. The number of carbonyl (C=O) groups is 1. The van der Waals surface area contributed by atoms with Crippen LogP contribution in [-0.2, 0) is 4.74 Å². The van der Waals surface area contributed by atoms with Crippen LogP contribution in [0.4, 0.5) is 5.69 Å². The third-order valence-electron chi connectivity index (χ3n) is 2.19. The Kier molecular flexibility index (Phi) is 5.23. The second-order valence-electron chi connectivity index (χ2n) is 3.38. The van der Waals surface area contributed by atoms with Gasteiger partial charge in [0.05, 0.1) is 21.3 Å². The highest BCUT2D eigenvalue weighted by Gasteiger charge is 2.16. The third kappa shape index (κ3) is 3.21. The van der Waals surface area contributed by atoms with E-state index in [1.165, 1.54) is 22.9 Å². The molecule has 0 fully saturated rings. The molecule has 0 saturated heterocycles. The highest BCUT2D eigenvalue weighted by Crippen LogP contribution is 2.20. The Morgan fingerprint density at radius 3 is 2.84 bits per heavy atom. The molecule has 0 aromatic carbocycles. The summed E-state index contributed by atoms with van der Waals surface area (Å²) in [5, 5.41) is 10.7. The summed E-state index contributed by atoms with van der Waals surface area (Å²) in [6.07, 6.45) is 2.73. The molecule has 2 aromatic heterocycles. The fraction of sp³-hybridized carbons (Fsp3) is 0.200. The summed E-state index contributed by atoms with van der Waals surface area (Å²) >= 11 is 1.94. The van der Waals surface area contributed by atoms with Crippen LogP contribution in [0.3, 0.4) is 0 Å². The highest BCUT2D eigenvalue weighted by molar-refractivity contribution is 14.1. The first-order valence-electron chi connectivity index (χ1n) is 5.02. The molecule has 0 aliphatic rings. The summed E-state index contributed by atoms with van der Waals surface area (Å²) in [6.45, 7) is 1.95. The molecular formula is C10H9BrIN3O4. The van der Waals surface area contributed by atoms with Gasteiger partial charge in [0, 0.05) is 12.3 Å². The van der Waals surface area contributed by atoms with Crippen molar-refractivity contribution in [3.05, 3.63) is 37.8 Å². The van der Waals surface area contributed by atoms with Crippen LogP contribution in [-0.4, -0.2) is 26.9 Å².